The molecule has 3 heteroatoms. The quantitative estimate of drug-likeness (QED) is 0.750. The van der Waals surface area contributed by atoms with E-state index < -0.39 is 0 Å². The zero-order valence-corrected chi connectivity index (χ0v) is 10.1. The van der Waals surface area contributed by atoms with Gasteiger partial charge in [-0.2, -0.15) is 0 Å². The number of benzene rings is 2. The fourth-order valence-corrected chi connectivity index (χ4v) is 1.49. The van der Waals surface area contributed by atoms with E-state index in [4.69, 9.17) is 21.1 Å². The maximum absolute atomic E-state index is 5.77. The Morgan fingerprint density at radius 2 is 1.24 bits per heavy atom. The van der Waals surface area contributed by atoms with Crippen molar-refractivity contribution in [3.63, 3.8) is 0 Å². The van der Waals surface area contributed by atoms with Crippen LogP contribution in [0.1, 0.15) is 0 Å². The van der Waals surface area contributed by atoms with Crippen LogP contribution < -0.4 is 9.47 Å². The SMILES string of the molecule is Clc1ccc(OCCOc2ccccc2)cc1. The van der Waals surface area contributed by atoms with Gasteiger partial charge >= 0.3 is 0 Å². The molecule has 0 atom stereocenters. The zero-order valence-electron chi connectivity index (χ0n) is 9.30. The third-order valence-corrected chi connectivity index (χ3v) is 2.43. The predicted molar refractivity (Wildman–Crippen MR) is 68.9 cm³/mol. The average Bonchev–Trinajstić information content (AvgIpc) is 2.38. The van der Waals surface area contributed by atoms with Crippen LogP contribution >= 0.6 is 11.6 Å². The molecule has 0 fully saturated rings. The summed E-state index contributed by atoms with van der Waals surface area (Å²) in [6.07, 6.45) is 0. The van der Waals surface area contributed by atoms with Gasteiger partial charge in [-0.25, -0.2) is 0 Å². The fraction of sp³-hybridized carbons (Fsp3) is 0.143. The van der Waals surface area contributed by atoms with Crippen molar-refractivity contribution in [3.8, 4) is 11.5 Å². The van der Waals surface area contributed by atoms with Crippen LogP contribution in [-0.2, 0) is 0 Å². The van der Waals surface area contributed by atoms with Gasteiger partial charge in [-0.3, -0.25) is 0 Å². The number of para-hydroxylation sites is 1. The van der Waals surface area contributed by atoms with Gasteiger partial charge in [0.25, 0.3) is 0 Å². The summed E-state index contributed by atoms with van der Waals surface area (Å²) in [5, 5.41) is 0.706. The van der Waals surface area contributed by atoms with Crippen LogP contribution in [0.5, 0.6) is 11.5 Å². The summed E-state index contributed by atoms with van der Waals surface area (Å²) in [6, 6.07) is 17.0. The van der Waals surface area contributed by atoms with Crippen molar-refractivity contribution in [2.24, 2.45) is 0 Å². The van der Waals surface area contributed by atoms with Crippen molar-refractivity contribution in [1.82, 2.24) is 0 Å². The van der Waals surface area contributed by atoms with Gasteiger partial charge in [0.1, 0.15) is 24.7 Å². The lowest BCUT2D eigenvalue weighted by Crippen LogP contribution is -2.08. The first-order valence-electron chi connectivity index (χ1n) is 5.41. The molecule has 0 heterocycles. The van der Waals surface area contributed by atoms with E-state index in [2.05, 4.69) is 0 Å². The molecule has 0 saturated heterocycles. The summed E-state index contributed by atoms with van der Waals surface area (Å²) < 4.78 is 11.0. The first kappa shape index (κ1) is 11.8. The van der Waals surface area contributed by atoms with Crippen LogP contribution in [0, 0.1) is 0 Å². The van der Waals surface area contributed by atoms with Crippen molar-refractivity contribution in [2.45, 2.75) is 0 Å². The summed E-state index contributed by atoms with van der Waals surface area (Å²) in [4.78, 5) is 0. The minimum Gasteiger partial charge on any atom is -0.490 e. The van der Waals surface area contributed by atoms with E-state index in [0.29, 0.717) is 18.2 Å². The maximum atomic E-state index is 5.77. The molecule has 0 N–H and O–H groups in total. The molecule has 0 aliphatic heterocycles. The summed E-state index contributed by atoms with van der Waals surface area (Å²) in [7, 11) is 0. The second-order valence-electron chi connectivity index (χ2n) is 3.46. The first-order valence-corrected chi connectivity index (χ1v) is 5.78. The van der Waals surface area contributed by atoms with Gasteiger partial charge in [0.15, 0.2) is 0 Å². The smallest absolute Gasteiger partial charge is 0.122 e. The molecule has 2 aromatic carbocycles. The molecular weight excluding hydrogens is 236 g/mol. The molecular formula is C14H13ClO2. The van der Waals surface area contributed by atoms with E-state index in [0.717, 1.165) is 11.5 Å². The van der Waals surface area contributed by atoms with Crippen LogP contribution in [0.2, 0.25) is 5.02 Å². The minimum absolute atomic E-state index is 0.510. The molecule has 0 aliphatic rings. The van der Waals surface area contributed by atoms with Gasteiger partial charge in [0.05, 0.1) is 0 Å². The predicted octanol–water partition coefficient (Wildman–Crippen LogP) is 3.80. The van der Waals surface area contributed by atoms with E-state index in [1.54, 1.807) is 12.1 Å². The molecule has 0 aromatic heterocycles. The lowest BCUT2D eigenvalue weighted by Gasteiger charge is -2.08. The molecule has 0 spiro atoms. The second kappa shape index (κ2) is 6.16. The van der Waals surface area contributed by atoms with E-state index in [-0.39, 0.29) is 0 Å². The van der Waals surface area contributed by atoms with Crippen molar-refractivity contribution in [1.29, 1.82) is 0 Å². The molecule has 2 rings (SSSR count). The van der Waals surface area contributed by atoms with Crippen LogP contribution in [0.3, 0.4) is 0 Å². The summed E-state index contributed by atoms with van der Waals surface area (Å²) in [5.74, 6) is 1.65. The van der Waals surface area contributed by atoms with Gasteiger partial charge in [-0.15, -0.1) is 0 Å². The lowest BCUT2D eigenvalue weighted by atomic mass is 10.3. The molecule has 0 aliphatic carbocycles. The number of ether oxygens (including phenoxy) is 2. The molecule has 0 radical (unpaired) electrons. The zero-order chi connectivity index (χ0) is 11.9. The van der Waals surface area contributed by atoms with Crippen LogP contribution in [0.4, 0.5) is 0 Å². The maximum Gasteiger partial charge on any atom is 0.122 e. The van der Waals surface area contributed by atoms with Gasteiger partial charge in [0.2, 0.25) is 0 Å². The monoisotopic (exact) mass is 248 g/mol. The normalized spacial score (nSPS) is 9.94. The highest BCUT2D eigenvalue weighted by Crippen LogP contribution is 2.15. The van der Waals surface area contributed by atoms with Crippen LogP contribution in [-0.4, -0.2) is 13.2 Å². The molecule has 2 aromatic rings. The Morgan fingerprint density at radius 3 is 1.82 bits per heavy atom. The standard InChI is InChI=1S/C14H13ClO2/c15-12-6-8-14(9-7-12)17-11-10-16-13-4-2-1-3-5-13/h1-9H,10-11H2. The minimum atomic E-state index is 0.510. The van der Waals surface area contributed by atoms with Gasteiger partial charge < -0.3 is 9.47 Å². The Kier molecular flexibility index (Phi) is 4.28. The van der Waals surface area contributed by atoms with Crippen molar-refractivity contribution in [2.75, 3.05) is 13.2 Å². The fourth-order valence-electron chi connectivity index (χ4n) is 1.37. The van der Waals surface area contributed by atoms with E-state index in [1.165, 1.54) is 0 Å². The van der Waals surface area contributed by atoms with Gasteiger partial charge in [0, 0.05) is 5.02 Å². The Bertz CT molecular complexity index is 440. The van der Waals surface area contributed by atoms with Crippen molar-refractivity contribution in [3.05, 3.63) is 59.6 Å². The van der Waals surface area contributed by atoms with E-state index in [9.17, 15) is 0 Å². The van der Waals surface area contributed by atoms with Crippen LogP contribution in [0.15, 0.2) is 54.6 Å². The highest BCUT2D eigenvalue weighted by atomic mass is 35.5. The summed E-state index contributed by atoms with van der Waals surface area (Å²) in [5.41, 5.74) is 0. The molecule has 0 saturated carbocycles. The van der Waals surface area contributed by atoms with Crippen molar-refractivity contribution < 1.29 is 9.47 Å². The highest BCUT2D eigenvalue weighted by molar-refractivity contribution is 6.30. The molecule has 88 valence electrons. The number of halogens is 1. The Balaban J connectivity index is 1.71. The molecule has 2 nitrogen and oxygen atoms in total. The average molecular weight is 249 g/mol. The number of hydrogen-bond donors (Lipinski definition) is 0. The van der Waals surface area contributed by atoms with Crippen LogP contribution in [0.25, 0.3) is 0 Å². The molecule has 0 bridgehead atoms. The second-order valence-corrected chi connectivity index (χ2v) is 3.90. The molecule has 0 unspecified atom stereocenters. The lowest BCUT2D eigenvalue weighted by molar-refractivity contribution is 0.217. The third-order valence-electron chi connectivity index (χ3n) is 2.18. The van der Waals surface area contributed by atoms with E-state index >= 15 is 0 Å². The largest absolute Gasteiger partial charge is 0.490 e. The number of hydrogen-bond acceptors (Lipinski definition) is 2. The highest BCUT2D eigenvalue weighted by Gasteiger charge is 1.95. The summed E-state index contributed by atoms with van der Waals surface area (Å²) >= 11 is 5.77. The number of rotatable bonds is 5. The topological polar surface area (TPSA) is 18.5 Å². The molecule has 17 heavy (non-hydrogen) atoms. The Hall–Kier alpha value is -1.67. The molecule has 0 amide bonds. The van der Waals surface area contributed by atoms with Gasteiger partial charge in [-0.05, 0) is 36.4 Å². The summed E-state index contributed by atoms with van der Waals surface area (Å²) in [6.45, 7) is 1.03. The van der Waals surface area contributed by atoms with E-state index in [1.807, 2.05) is 42.5 Å². The third kappa shape index (κ3) is 4.00. The van der Waals surface area contributed by atoms with Gasteiger partial charge in [-0.1, -0.05) is 29.8 Å². The van der Waals surface area contributed by atoms with Crippen molar-refractivity contribution >= 4 is 11.6 Å². The first-order chi connectivity index (χ1) is 8.34. The Morgan fingerprint density at radius 1 is 0.706 bits per heavy atom. The Labute approximate surface area is 106 Å².